The average molecular weight is 721 g/mol. The van der Waals surface area contributed by atoms with Crippen molar-refractivity contribution in [3.63, 3.8) is 0 Å². The van der Waals surface area contributed by atoms with Crippen molar-refractivity contribution in [1.29, 1.82) is 0 Å². The smallest absolute Gasteiger partial charge is 0.224 e. The van der Waals surface area contributed by atoms with E-state index in [4.69, 9.17) is 19.9 Å². The first kappa shape index (κ1) is 38.2. The largest absolute Gasteiger partial charge is 0.397 e. The first-order valence-electron chi connectivity index (χ1n) is 18.8. The summed E-state index contributed by atoms with van der Waals surface area (Å²) in [5.74, 6) is -0.0286. The Bertz CT molecular complexity index is 1760. The lowest BCUT2D eigenvalue weighted by Crippen LogP contribution is -2.44. The number of amides is 2. The van der Waals surface area contributed by atoms with Crippen LogP contribution >= 0.6 is 0 Å². The van der Waals surface area contributed by atoms with Gasteiger partial charge in [0.05, 0.1) is 43.4 Å². The lowest BCUT2D eigenvalue weighted by Gasteiger charge is -2.39. The van der Waals surface area contributed by atoms with Crippen LogP contribution in [-0.2, 0) is 37.0 Å². The summed E-state index contributed by atoms with van der Waals surface area (Å²) in [7, 11) is 0. The highest BCUT2D eigenvalue weighted by atomic mass is 16.7. The van der Waals surface area contributed by atoms with Crippen LogP contribution in [0, 0.1) is 0 Å². The zero-order valence-corrected chi connectivity index (χ0v) is 30.4. The summed E-state index contributed by atoms with van der Waals surface area (Å²) in [6.45, 7) is 4.52. The third kappa shape index (κ3) is 11.2. The van der Waals surface area contributed by atoms with E-state index < -0.39 is 6.29 Å². The molecule has 4 aromatic rings. The van der Waals surface area contributed by atoms with Gasteiger partial charge in [-0.1, -0.05) is 97.8 Å². The Kier molecular flexibility index (Phi) is 14.0. The van der Waals surface area contributed by atoms with E-state index in [1.807, 2.05) is 54.6 Å². The van der Waals surface area contributed by atoms with Crippen LogP contribution in [0.2, 0.25) is 0 Å². The number of hydrogen-bond acceptors (Lipinski definition) is 8. The van der Waals surface area contributed by atoms with E-state index in [9.17, 15) is 14.7 Å². The highest BCUT2D eigenvalue weighted by Gasteiger charge is 2.33. The first-order chi connectivity index (χ1) is 25.9. The number of aliphatic hydroxyl groups is 1. The molecule has 2 fully saturated rings. The molecule has 0 aromatic heterocycles. The number of carbonyl (C=O) groups is 2. The standard InChI is InChI=1S/C43H52N4O6/c44-38-11-7-8-12-39(38)46-42(50)14-4-2-1-3-13-41(49)45-28-35-9-5-6-10-37(35)32-19-21-34(22-20-32)43-52-36(29-47-23-25-51-26-24-47)27-40(53-43)33-17-15-31(30-48)16-18-33/h5-12,15-22,36,40,43,48H,1-4,13-14,23-30,44H2,(H,45,49)(H,46,50). The number of anilines is 2. The van der Waals surface area contributed by atoms with Crippen molar-refractivity contribution in [3.05, 3.63) is 119 Å². The summed E-state index contributed by atoms with van der Waals surface area (Å²) < 4.78 is 18.7. The number of carbonyl (C=O) groups excluding carboxylic acids is 2. The van der Waals surface area contributed by atoms with Crippen molar-refractivity contribution in [3.8, 4) is 11.1 Å². The van der Waals surface area contributed by atoms with Crippen LogP contribution < -0.4 is 16.4 Å². The van der Waals surface area contributed by atoms with Crippen LogP contribution in [0.4, 0.5) is 11.4 Å². The molecule has 0 radical (unpaired) electrons. The maximum absolute atomic E-state index is 12.7. The van der Waals surface area contributed by atoms with Crippen LogP contribution in [-0.4, -0.2) is 60.8 Å². The normalized spacial score (nSPS) is 19.1. The lowest BCUT2D eigenvalue weighted by atomic mass is 9.97. The maximum atomic E-state index is 12.7. The van der Waals surface area contributed by atoms with Gasteiger partial charge in [0.25, 0.3) is 0 Å². The van der Waals surface area contributed by atoms with Crippen molar-refractivity contribution in [2.24, 2.45) is 0 Å². The van der Waals surface area contributed by atoms with E-state index in [0.717, 1.165) is 98.3 Å². The molecule has 2 heterocycles. The molecular weight excluding hydrogens is 668 g/mol. The molecule has 6 rings (SSSR count). The minimum absolute atomic E-state index is 0.00916. The second kappa shape index (κ2) is 19.5. The number of para-hydroxylation sites is 2. The number of rotatable bonds is 16. The molecule has 4 aromatic carbocycles. The zero-order valence-electron chi connectivity index (χ0n) is 30.4. The Morgan fingerprint density at radius 1 is 0.774 bits per heavy atom. The van der Waals surface area contributed by atoms with Crippen molar-refractivity contribution < 1.29 is 28.9 Å². The minimum atomic E-state index is -0.522. The summed E-state index contributed by atoms with van der Waals surface area (Å²) in [5.41, 5.74) is 13.2. The maximum Gasteiger partial charge on any atom is 0.224 e. The minimum Gasteiger partial charge on any atom is -0.397 e. The van der Waals surface area contributed by atoms with Crippen LogP contribution in [0.3, 0.4) is 0 Å². The van der Waals surface area contributed by atoms with Crippen LogP contribution in [0.25, 0.3) is 11.1 Å². The Labute approximate surface area is 312 Å². The number of aliphatic hydroxyl groups excluding tert-OH is 1. The number of morpholine rings is 1. The molecule has 10 heteroatoms. The van der Waals surface area contributed by atoms with Crippen molar-refractivity contribution in [2.75, 3.05) is 43.9 Å². The average Bonchev–Trinajstić information content (AvgIpc) is 3.20. The molecule has 3 atom stereocenters. The molecule has 2 saturated heterocycles. The number of ether oxygens (including phenoxy) is 3. The fourth-order valence-corrected chi connectivity index (χ4v) is 6.91. The number of benzene rings is 4. The van der Waals surface area contributed by atoms with Gasteiger partial charge in [-0.25, -0.2) is 0 Å². The molecule has 2 aliphatic heterocycles. The Morgan fingerprint density at radius 3 is 2.19 bits per heavy atom. The summed E-state index contributed by atoms with van der Waals surface area (Å²) in [4.78, 5) is 27.4. The molecule has 280 valence electrons. The topological polar surface area (TPSA) is 135 Å². The Balaban J connectivity index is 0.996. The summed E-state index contributed by atoms with van der Waals surface area (Å²) in [5, 5.41) is 15.5. The van der Waals surface area contributed by atoms with E-state index in [1.54, 1.807) is 12.1 Å². The number of nitrogens with one attached hydrogen (secondary N) is 2. The monoisotopic (exact) mass is 720 g/mol. The predicted molar refractivity (Wildman–Crippen MR) is 207 cm³/mol. The molecule has 3 unspecified atom stereocenters. The lowest BCUT2D eigenvalue weighted by molar-refractivity contribution is -0.253. The number of hydrogen-bond donors (Lipinski definition) is 4. The molecule has 5 N–H and O–H groups in total. The van der Waals surface area contributed by atoms with E-state index in [-0.39, 0.29) is 30.6 Å². The SMILES string of the molecule is Nc1ccccc1NC(=O)CCCCCCC(=O)NCc1ccccc1-c1ccc(C2OC(CN3CCOCC3)CC(c3ccc(CO)cc3)O2)cc1. The van der Waals surface area contributed by atoms with Gasteiger partial charge in [-0.15, -0.1) is 0 Å². The number of nitrogens with zero attached hydrogens (tertiary/aromatic N) is 1. The van der Waals surface area contributed by atoms with Gasteiger partial charge < -0.3 is 35.7 Å². The number of nitrogen functional groups attached to an aromatic ring is 1. The zero-order chi connectivity index (χ0) is 36.8. The van der Waals surface area contributed by atoms with Gasteiger partial charge in [-0.2, -0.15) is 0 Å². The number of unbranched alkanes of at least 4 members (excludes halogenated alkanes) is 3. The second-order valence-corrected chi connectivity index (χ2v) is 13.9. The third-order valence-electron chi connectivity index (χ3n) is 9.96. The highest BCUT2D eigenvalue weighted by molar-refractivity contribution is 5.93. The van der Waals surface area contributed by atoms with Crippen molar-refractivity contribution >= 4 is 23.2 Å². The molecule has 10 nitrogen and oxygen atoms in total. The predicted octanol–water partition coefficient (Wildman–Crippen LogP) is 6.90. The molecule has 2 aliphatic rings. The van der Waals surface area contributed by atoms with Crippen molar-refractivity contribution in [1.82, 2.24) is 10.2 Å². The Morgan fingerprint density at radius 2 is 1.45 bits per heavy atom. The third-order valence-corrected chi connectivity index (χ3v) is 9.96. The van der Waals surface area contributed by atoms with Gasteiger partial charge in [-0.3, -0.25) is 14.5 Å². The first-order valence-corrected chi connectivity index (χ1v) is 18.8. The van der Waals surface area contributed by atoms with Gasteiger partial charge in [0.2, 0.25) is 11.8 Å². The van der Waals surface area contributed by atoms with Gasteiger partial charge >= 0.3 is 0 Å². The van der Waals surface area contributed by atoms with Crippen LogP contribution in [0.1, 0.15) is 79.6 Å². The second-order valence-electron chi connectivity index (χ2n) is 13.9. The van der Waals surface area contributed by atoms with Crippen LogP contribution in [0.15, 0.2) is 97.1 Å². The molecule has 0 saturated carbocycles. The van der Waals surface area contributed by atoms with E-state index >= 15 is 0 Å². The van der Waals surface area contributed by atoms with Gasteiger partial charge in [0, 0.05) is 51.0 Å². The Hall–Kier alpha value is -4.58. The summed E-state index contributed by atoms with van der Waals surface area (Å²) in [6, 6.07) is 31.7. The fraction of sp³-hybridized carbons (Fsp3) is 0.395. The van der Waals surface area contributed by atoms with E-state index in [2.05, 4.69) is 45.9 Å². The van der Waals surface area contributed by atoms with Gasteiger partial charge in [-0.05, 0) is 52.8 Å². The summed E-state index contributed by atoms with van der Waals surface area (Å²) in [6.07, 6.45) is 4.26. The summed E-state index contributed by atoms with van der Waals surface area (Å²) >= 11 is 0. The van der Waals surface area contributed by atoms with E-state index in [1.165, 1.54) is 0 Å². The van der Waals surface area contributed by atoms with Gasteiger partial charge in [0.15, 0.2) is 6.29 Å². The molecule has 53 heavy (non-hydrogen) atoms. The highest BCUT2D eigenvalue weighted by Crippen LogP contribution is 2.39. The van der Waals surface area contributed by atoms with Gasteiger partial charge in [0.1, 0.15) is 0 Å². The van der Waals surface area contributed by atoms with E-state index in [0.29, 0.717) is 30.8 Å². The molecule has 0 spiro atoms. The molecule has 0 bridgehead atoms. The van der Waals surface area contributed by atoms with Crippen LogP contribution in [0.5, 0.6) is 0 Å². The fourth-order valence-electron chi connectivity index (χ4n) is 6.91. The quantitative estimate of drug-likeness (QED) is 0.0726. The molecule has 0 aliphatic carbocycles. The molecular formula is C43H52N4O6. The molecule has 2 amide bonds. The van der Waals surface area contributed by atoms with Crippen molar-refractivity contribution in [2.45, 2.75) is 76.6 Å². The number of nitrogens with two attached hydrogens (primary N) is 1.